The molecule has 2 aromatic rings. The number of likely N-dealkylation sites (N-methyl/N-ethyl adjacent to an activating group) is 1. The molecule has 0 heterocycles. The summed E-state index contributed by atoms with van der Waals surface area (Å²) in [7, 11) is 3.15. The van der Waals surface area contributed by atoms with E-state index in [0.29, 0.717) is 34.2 Å². The highest BCUT2D eigenvalue weighted by molar-refractivity contribution is 6.30. The Hall–Kier alpha value is -3.18. The minimum absolute atomic E-state index is 0.0645. The van der Waals surface area contributed by atoms with Crippen LogP contribution in [0.1, 0.15) is 76.5 Å². The maximum absolute atomic E-state index is 13.7. The quantitative estimate of drug-likeness (QED) is 0.195. The summed E-state index contributed by atoms with van der Waals surface area (Å²) >= 11 is 6.30. The molecule has 1 aliphatic carbocycles. The van der Waals surface area contributed by atoms with Crippen LogP contribution in [0.4, 0.5) is 4.79 Å². The van der Waals surface area contributed by atoms with Gasteiger partial charge in [0.25, 0.3) is 11.8 Å². The van der Waals surface area contributed by atoms with Crippen LogP contribution in [0.5, 0.6) is 0 Å². The van der Waals surface area contributed by atoms with Crippen molar-refractivity contribution in [3.8, 4) is 0 Å². The number of methoxy groups -OCH3 is 1. The standard InChI is InChI=1S/C31H43ClN4O6/c1-33-20-27(15-21-7-4-3-5-8-21)36-30(39)25-17-23(16-24(18-25)29(38)34-11-13-37)28(22-9-6-10-26(32)19-22)42-14-12-35-31(40)41-2/h6,9-10,16-19,21,27-28,33,37H,3-5,7-8,11-15,20H2,1-2H3,(H,34,38)(H,35,40)(H,36,39). The van der Waals surface area contributed by atoms with Crippen LogP contribution in [-0.4, -0.2) is 76.1 Å². The van der Waals surface area contributed by atoms with Gasteiger partial charge in [-0.2, -0.15) is 0 Å². The summed E-state index contributed by atoms with van der Waals surface area (Å²) in [6.07, 6.45) is 5.66. The number of rotatable bonds is 15. The Balaban J connectivity index is 1.93. The van der Waals surface area contributed by atoms with E-state index in [0.717, 1.165) is 6.42 Å². The van der Waals surface area contributed by atoms with E-state index in [1.807, 2.05) is 13.1 Å². The van der Waals surface area contributed by atoms with E-state index in [2.05, 4.69) is 26.0 Å². The van der Waals surface area contributed by atoms with Crippen LogP contribution in [-0.2, 0) is 9.47 Å². The Morgan fingerprint density at radius 2 is 1.71 bits per heavy atom. The van der Waals surface area contributed by atoms with E-state index in [-0.39, 0.29) is 43.8 Å². The molecule has 0 spiro atoms. The van der Waals surface area contributed by atoms with Gasteiger partial charge in [0, 0.05) is 41.8 Å². The molecule has 2 aromatic carbocycles. The number of hydrogen-bond acceptors (Lipinski definition) is 7. The molecule has 3 amide bonds. The maximum atomic E-state index is 13.7. The molecular weight excluding hydrogens is 560 g/mol. The van der Waals surface area contributed by atoms with E-state index >= 15 is 0 Å². The minimum Gasteiger partial charge on any atom is -0.453 e. The van der Waals surface area contributed by atoms with E-state index in [1.165, 1.54) is 39.2 Å². The molecule has 1 saturated carbocycles. The average molecular weight is 603 g/mol. The van der Waals surface area contributed by atoms with Gasteiger partial charge in [0.1, 0.15) is 6.10 Å². The van der Waals surface area contributed by atoms with Crippen molar-refractivity contribution in [2.75, 3.05) is 47.0 Å². The molecule has 2 unspecified atom stereocenters. The molecule has 11 heteroatoms. The number of ether oxygens (including phenoxy) is 2. The molecule has 5 N–H and O–H groups in total. The fourth-order valence-electron chi connectivity index (χ4n) is 5.33. The maximum Gasteiger partial charge on any atom is 0.406 e. The summed E-state index contributed by atoms with van der Waals surface area (Å²) in [5.41, 5.74) is 1.85. The third kappa shape index (κ3) is 10.6. The topological polar surface area (TPSA) is 138 Å². The zero-order chi connectivity index (χ0) is 30.3. The summed E-state index contributed by atoms with van der Waals surface area (Å²) < 4.78 is 10.8. The van der Waals surface area contributed by atoms with E-state index in [1.54, 1.807) is 36.4 Å². The van der Waals surface area contributed by atoms with Crippen LogP contribution >= 0.6 is 11.6 Å². The number of carbonyl (C=O) groups is 3. The molecule has 3 rings (SSSR count). The number of alkyl carbamates (subject to hydrolysis) is 1. The molecule has 10 nitrogen and oxygen atoms in total. The van der Waals surface area contributed by atoms with E-state index < -0.39 is 18.1 Å². The monoisotopic (exact) mass is 602 g/mol. The van der Waals surface area contributed by atoms with Gasteiger partial charge < -0.3 is 35.8 Å². The number of amides is 3. The number of benzene rings is 2. The van der Waals surface area contributed by atoms with Crippen molar-refractivity contribution in [3.63, 3.8) is 0 Å². The van der Waals surface area contributed by atoms with Gasteiger partial charge in [-0.3, -0.25) is 9.59 Å². The Kier molecular flexibility index (Phi) is 14.0. The van der Waals surface area contributed by atoms with Crippen LogP contribution in [0.2, 0.25) is 5.02 Å². The molecule has 2 atom stereocenters. The Morgan fingerprint density at radius 3 is 2.38 bits per heavy atom. The van der Waals surface area contributed by atoms with Crippen LogP contribution < -0.4 is 21.3 Å². The summed E-state index contributed by atoms with van der Waals surface area (Å²) in [6.45, 7) is 0.797. The third-order valence-electron chi connectivity index (χ3n) is 7.30. The lowest BCUT2D eigenvalue weighted by Crippen LogP contribution is -2.42. The first-order valence-corrected chi connectivity index (χ1v) is 14.9. The molecular formula is C31H43ClN4O6. The highest BCUT2D eigenvalue weighted by Gasteiger charge is 2.24. The average Bonchev–Trinajstić information content (AvgIpc) is 3.00. The SMILES string of the molecule is CNCC(CC1CCCCC1)NC(=O)c1cc(C(=O)NCCO)cc(C(OCCNC(=O)OC)c2cccc(Cl)c2)c1. The number of aliphatic hydroxyl groups excluding tert-OH is 1. The van der Waals surface area contributed by atoms with Gasteiger partial charge >= 0.3 is 6.09 Å². The van der Waals surface area contributed by atoms with Gasteiger partial charge in [0.15, 0.2) is 0 Å². The summed E-state index contributed by atoms with van der Waals surface area (Å²) in [6, 6.07) is 12.0. The zero-order valence-electron chi connectivity index (χ0n) is 24.4. The predicted octanol–water partition coefficient (Wildman–Crippen LogP) is 3.81. The second kappa shape index (κ2) is 17.7. The minimum atomic E-state index is -0.698. The molecule has 42 heavy (non-hydrogen) atoms. The normalized spacial score (nSPS) is 15.0. The van der Waals surface area contributed by atoms with Crippen molar-refractivity contribution in [1.82, 2.24) is 21.3 Å². The fraction of sp³-hybridized carbons (Fsp3) is 0.516. The van der Waals surface area contributed by atoms with Gasteiger partial charge in [-0.1, -0.05) is 55.8 Å². The van der Waals surface area contributed by atoms with Gasteiger partial charge in [-0.15, -0.1) is 0 Å². The first-order chi connectivity index (χ1) is 20.3. The highest BCUT2D eigenvalue weighted by atomic mass is 35.5. The number of hydrogen-bond donors (Lipinski definition) is 5. The van der Waals surface area contributed by atoms with Crippen LogP contribution in [0.15, 0.2) is 42.5 Å². The van der Waals surface area contributed by atoms with Crippen LogP contribution in [0, 0.1) is 5.92 Å². The van der Waals surface area contributed by atoms with Crippen LogP contribution in [0.25, 0.3) is 0 Å². The molecule has 0 aromatic heterocycles. The third-order valence-corrected chi connectivity index (χ3v) is 7.54. The lowest BCUT2D eigenvalue weighted by atomic mass is 9.84. The predicted molar refractivity (Wildman–Crippen MR) is 162 cm³/mol. The molecule has 0 saturated heterocycles. The molecule has 0 aliphatic heterocycles. The molecule has 1 aliphatic rings. The van der Waals surface area contributed by atoms with E-state index in [4.69, 9.17) is 16.3 Å². The fourth-order valence-corrected chi connectivity index (χ4v) is 5.53. The second-order valence-corrected chi connectivity index (χ2v) is 11.0. The summed E-state index contributed by atoms with van der Waals surface area (Å²) in [4.78, 5) is 38.2. The van der Waals surface area contributed by atoms with Crippen molar-refractivity contribution in [1.29, 1.82) is 0 Å². The van der Waals surface area contributed by atoms with Crippen molar-refractivity contribution in [2.45, 2.75) is 50.7 Å². The summed E-state index contributed by atoms with van der Waals surface area (Å²) in [5.74, 6) is -0.143. The van der Waals surface area contributed by atoms with Gasteiger partial charge in [-0.25, -0.2) is 4.79 Å². The van der Waals surface area contributed by atoms with Gasteiger partial charge in [-0.05, 0) is 60.8 Å². The van der Waals surface area contributed by atoms with E-state index in [9.17, 15) is 19.5 Å². The molecule has 1 fully saturated rings. The van der Waals surface area contributed by atoms with Crippen molar-refractivity contribution in [2.24, 2.45) is 5.92 Å². The molecule has 0 bridgehead atoms. The Labute approximate surface area is 252 Å². The zero-order valence-corrected chi connectivity index (χ0v) is 25.2. The largest absolute Gasteiger partial charge is 0.453 e. The molecule has 0 radical (unpaired) electrons. The number of carbonyl (C=O) groups excluding carboxylic acids is 3. The lowest BCUT2D eigenvalue weighted by molar-refractivity contribution is 0.0802. The number of halogens is 1. The summed E-state index contributed by atoms with van der Waals surface area (Å²) in [5, 5.41) is 21.3. The highest BCUT2D eigenvalue weighted by Crippen LogP contribution is 2.30. The Bertz CT molecular complexity index is 1170. The first kappa shape index (κ1) is 33.3. The van der Waals surface area contributed by atoms with Crippen molar-refractivity contribution >= 4 is 29.5 Å². The smallest absolute Gasteiger partial charge is 0.406 e. The van der Waals surface area contributed by atoms with Gasteiger partial charge in [0.05, 0.1) is 20.3 Å². The van der Waals surface area contributed by atoms with Gasteiger partial charge in [0.2, 0.25) is 0 Å². The first-order valence-electron chi connectivity index (χ1n) is 14.5. The van der Waals surface area contributed by atoms with Crippen LogP contribution in [0.3, 0.4) is 0 Å². The van der Waals surface area contributed by atoms with Crippen molar-refractivity contribution in [3.05, 3.63) is 69.7 Å². The number of aliphatic hydroxyl groups is 1. The second-order valence-electron chi connectivity index (χ2n) is 10.5. The van der Waals surface area contributed by atoms with Crippen molar-refractivity contribution < 1.29 is 29.0 Å². The number of nitrogens with one attached hydrogen (secondary N) is 4. The lowest BCUT2D eigenvalue weighted by Gasteiger charge is -2.27. The molecule has 230 valence electrons. The Morgan fingerprint density at radius 1 is 0.976 bits per heavy atom.